The van der Waals surface area contributed by atoms with E-state index >= 15 is 0 Å². The lowest BCUT2D eigenvalue weighted by molar-refractivity contribution is 0.557. The van der Waals surface area contributed by atoms with Crippen LogP contribution in [0.15, 0.2) is 0 Å². The molecular weight excluding hydrogens is 174 g/mol. The zero-order valence-electron chi connectivity index (χ0n) is 8.08. The highest BCUT2D eigenvalue weighted by Gasteiger charge is 2.25. The van der Waals surface area contributed by atoms with Crippen molar-refractivity contribution in [2.75, 3.05) is 7.05 Å². The number of alkyl halides is 1. The van der Waals surface area contributed by atoms with E-state index in [1.54, 1.807) is 0 Å². The van der Waals surface area contributed by atoms with Gasteiger partial charge in [0.25, 0.3) is 0 Å². The second-order valence-electron chi connectivity index (χ2n) is 3.74. The van der Waals surface area contributed by atoms with Crippen LogP contribution in [-0.2, 0) is 0 Å². The molecule has 1 nitrogen and oxygen atoms in total. The van der Waals surface area contributed by atoms with Crippen LogP contribution in [0.5, 0.6) is 0 Å². The second-order valence-corrected chi connectivity index (χ2v) is 7.21. The third-order valence-corrected chi connectivity index (χ3v) is 5.94. The minimum absolute atomic E-state index is 0.0137. The molecule has 1 unspecified atom stereocenters. The number of nitrogens with one attached hydrogen (secondary N) is 1. The lowest BCUT2D eigenvalue weighted by atomic mass is 10.2. The van der Waals surface area contributed by atoms with Crippen LogP contribution >= 0.6 is 11.6 Å². The van der Waals surface area contributed by atoms with Crippen molar-refractivity contribution in [1.82, 2.24) is 5.32 Å². The molecule has 0 aromatic carbocycles. The standard InChI is InChI=1S/C8H20ClNSi/c1-5-6-11-8(2,3)7(9)10-4/h7,10H,5-6,11H2,1-4H3. The van der Waals surface area contributed by atoms with Crippen LogP contribution in [0.25, 0.3) is 0 Å². The Hall–Kier alpha value is 0.467. The van der Waals surface area contributed by atoms with Crippen molar-refractivity contribution in [2.45, 2.75) is 43.8 Å². The van der Waals surface area contributed by atoms with E-state index in [-0.39, 0.29) is 15.0 Å². The largest absolute Gasteiger partial charge is 0.304 e. The summed E-state index contributed by atoms with van der Waals surface area (Å²) in [6, 6.07) is 1.40. The molecule has 0 fully saturated rings. The first kappa shape index (κ1) is 11.5. The molecule has 11 heavy (non-hydrogen) atoms. The van der Waals surface area contributed by atoms with Gasteiger partial charge in [-0.25, -0.2) is 0 Å². The zero-order valence-corrected chi connectivity index (χ0v) is 10.2. The maximum absolute atomic E-state index is 6.12. The minimum atomic E-state index is -0.0137. The number of hydrogen-bond acceptors (Lipinski definition) is 1. The molecule has 0 aromatic rings. The second kappa shape index (κ2) is 5.17. The summed E-state index contributed by atoms with van der Waals surface area (Å²) in [5.74, 6) is 0. The SMILES string of the molecule is CCC[SiH2]C(C)(C)C(Cl)NC. The Morgan fingerprint density at radius 2 is 2.09 bits per heavy atom. The topological polar surface area (TPSA) is 12.0 Å². The van der Waals surface area contributed by atoms with Gasteiger partial charge in [0.15, 0.2) is 0 Å². The van der Waals surface area contributed by atoms with E-state index < -0.39 is 0 Å². The molecule has 0 aliphatic heterocycles. The maximum atomic E-state index is 6.12. The van der Waals surface area contributed by atoms with Crippen LogP contribution in [0.1, 0.15) is 27.2 Å². The average Bonchev–Trinajstić information content (AvgIpc) is 1.99. The van der Waals surface area contributed by atoms with E-state index in [2.05, 4.69) is 26.1 Å². The summed E-state index contributed by atoms with van der Waals surface area (Å²) in [6.45, 7) is 6.78. The predicted octanol–water partition coefficient (Wildman–Crippen LogP) is 1.97. The van der Waals surface area contributed by atoms with Gasteiger partial charge in [-0.1, -0.05) is 33.2 Å². The van der Waals surface area contributed by atoms with E-state index in [1.807, 2.05) is 7.05 Å². The molecule has 0 saturated heterocycles. The fraction of sp³-hybridized carbons (Fsp3) is 1.00. The van der Waals surface area contributed by atoms with Gasteiger partial charge < -0.3 is 5.32 Å². The summed E-state index contributed by atoms with van der Waals surface area (Å²) in [5, 5.41) is 3.47. The highest BCUT2D eigenvalue weighted by Crippen LogP contribution is 2.31. The maximum Gasteiger partial charge on any atom is 0.0844 e. The number of hydrogen-bond donors (Lipinski definition) is 1. The average molecular weight is 194 g/mol. The zero-order chi connectivity index (χ0) is 8.91. The Kier molecular flexibility index (Phi) is 5.39. The van der Waals surface area contributed by atoms with Crippen LogP contribution in [-0.4, -0.2) is 22.1 Å². The van der Waals surface area contributed by atoms with Gasteiger partial charge in [0.1, 0.15) is 0 Å². The fourth-order valence-corrected chi connectivity index (χ4v) is 3.20. The molecule has 1 N–H and O–H groups in total. The predicted molar refractivity (Wildman–Crippen MR) is 56.4 cm³/mol. The molecule has 0 aliphatic rings. The molecule has 0 spiro atoms. The van der Waals surface area contributed by atoms with E-state index in [4.69, 9.17) is 11.6 Å². The van der Waals surface area contributed by atoms with Gasteiger partial charge in [-0.3, -0.25) is 0 Å². The molecular formula is C8H20ClNSi. The summed E-state index contributed by atoms with van der Waals surface area (Å²) in [6.07, 6.45) is 1.31. The summed E-state index contributed by atoms with van der Waals surface area (Å²) in [7, 11) is 1.92. The van der Waals surface area contributed by atoms with E-state index in [0.29, 0.717) is 5.04 Å². The number of halogens is 1. The van der Waals surface area contributed by atoms with Crippen LogP contribution in [0.2, 0.25) is 11.1 Å². The van der Waals surface area contributed by atoms with Crippen molar-refractivity contribution in [3.05, 3.63) is 0 Å². The van der Waals surface area contributed by atoms with Crippen molar-refractivity contribution < 1.29 is 0 Å². The number of rotatable bonds is 5. The normalized spacial score (nSPS) is 16.1. The van der Waals surface area contributed by atoms with Crippen molar-refractivity contribution in [2.24, 2.45) is 0 Å². The fourth-order valence-electron chi connectivity index (χ4n) is 1.15. The lowest BCUT2D eigenvalue weighted by Gasteiger charge is -2.29. The Morgan fingerprint density at radius 1 is 1.55 bits per heavy atom. The molecule has 0 bridgehead atoms. The summed E-state index contributed by atoms with van der Waals surface area (Å²) in [5.41, 5.74) is 0.153. The van der Waals surface area contributed by atoms with Gasteiger partial charge in [0.05, 0.1) is 5.50 Å². The van der Waals surface area contributed by atoms with Gasteiger partial charge >= 0.3 is 0 Å². The van der Waals surface area contributed by atoms with Gasteiger partial charge in [0, 0.05) is 9.52 Å². The molecule has 1 atom stereocenters. The molecule has 3 heteroatoms. The van der Waals surface area contributed by atoms with Crippen molar-refractivity contribution in [3.8, 4) is 0 Å². The van der Waals surface area contributed by atoms with Crippen molar-refractivity contribution in [3.63, 3.8) is 0 Å². The molecule has 0 heterocycles. The monoisotopic (exact) mass is 193 g/mol. The summed E-state index contributed by atoms with van der Waals surface area (Å²) >= 11 is 6.12. The molecule has 0 aromatic heterocycles. The van der Waals surface area contributed by atoms with Gasteiger partial charge in [0.2, 0.25) is 0 Å². The van der Waals surface area contributed by atoms with Crippen LogP contribution in [0.4, 0.5) is 0 Å². The lowest BCUT2D eigenvalue weighted by Crippen LogP contribution is -2.34. The summed E-state index contributed by atoms with van der Waals surface area (Å²) in [4.78, 5) is 0. The molecule has 0 saturated carbocycles. The van der Waals surface area contributed by atoms with Gasteiger partial charge in [-0.2, -0.15) is 0 Å². The minimum Gasteiger partial charge on any atom is -0.304 e. The van der Waals surface area contributed by atoms with Crippen LogP contribution < -0.4 is 5.32 Å². The molecule has 68 valence electrons. The first-order chi connectivity index (χ1) is 5.04. The first-order valence-corrected chi connectivity index (χ1v) is 6.50. The third kappa shape index (κ3) is 4.14. The first-order valence-electron chi connectivity index (χ1n) is 4.36. The van der Waals surface area contributed by atoms with Gasteiger partial charge in [-0.05, 0) is 12.1 Å². The molecule has 0 rings (SSSR count). The Labute approximate surface area is 77.7 Å². The van der Waals surface area contributed by atoms with Crippen molar-refractivity contribution in [1.29, 1.82) is 0 Å². The summed E-state index contributed by atoms with van der Waals surface area (Å²) < 4.78 is 0. The Morgan fingerprint density at radius 3 is 2.45 bits per heavy atom. The van der Waals surface area contributed by atoms with Crippen molar-refractivity contribution >= 4 is 21.1 Å². The third-order valence-electron chi connectivity index (χ3n) is 2.11. The Balaban J connectivity index is 3.77. The molecule has 0 aliphatic carbocycles. The highest BCUT2D eigenvalue weighted by molar-refractivity contribution is 6.43. The van der Waals surface area contributed by atoms with Gasteiger partial charge in [-0.15, -0.1) is 11.6 Å². The highest BCUT2D eigenvalue weighted by atomic mass is 35.5. The molecule has 0 radical (unpaired) electrons. The smallest absolute Gasteiger partial charge is 0.0844 e. The van der Waals surface area contributed by atoms with E-state index in [0.717, 1.165) is 0 Å². The Bertz CT molecular complexity index is 106. The quantitative estimate of drug-likeness (QED) is 0.400. The van der Waals surface area contributed by atoms with E-state index in [9.17, 15) is 0 Å². The van der Waals surface area contributed by atoms with Crippen LogP contribution in [0.3, 0.4) is 0 Å². The van der Waals surface area contributed by atoms with Crippen LogP contribution in [0, 0.1) is 0 Å². The van der Waals surface area contributed by atoms with E-state index in [1.165, 1.54) is 12.5 Å². The molecule has 0 amide bonds.